The lowest BCUT2D eigenvalue weighted by Gasteiger charge is -2.38. The van der Waals surface area contributed by atoms with Crippen LogP contribution in [0.1, 0.15) is 0 Å². The van der Waals surface area contributed by atoms with E-state index in [0.717, 1.165) is 11.5 Å². The number of carbonyl (C=O) groups excluding carboxylic acids is 1. The minimum absolute atomic E-state index is 0.0336. The molecule has 0 bridgehead atoms. The SMILES string of the molecule is COc1cccc(OC2CN(C(=O)CCl)C2)c1. The van der Waals surface area contributed by atoms with Gasteiger partial charge in [-0.25, -0.2) is 0 Å². The number of alkyl halides is 1. The molecule has 1 saturated heterocycles. The summed E-state index contributed by atoms with van der Waals surface area (Å²) in [6.45, 7) is 1.20. The molecule has 0 spiro atoms. The van der Waals surface area contributed by atoms with Crippen LogP contribution in [0.5, 0.6) is 11.5 Å². The Labute approximate surface area is 105 Å². The van der Waals surface area contributed by atoms with Gasteiger partial charge in [-0.15, -0.1) is 11.6 Å². The van der Waals surface area contributed by atoms with Crippen molar-refractivity contribution in [2.75, 3.05) is 26.1 Å². The van der Waals surface area contributed by atoms with E-state index < -0.39 is 0 Å². The summed E-state index contributed by atoms with van der Waals surface area (Å²) < 4.78 is 10.8. The van der Waals surface area contributed by atoms with Crippen LogP contribution in [0.2, 0.25) is 0 Å². The summed E-state index contributed by atoms with van der Waals surface area (Å²) >= 11 is 5.46. The monoisotopic (exact) mass is 255 g/mol. The number of nitrogens with zero attached hydrogens (tertiary/aromatic N) is 1. The average molecular weight is 256 g/mol. The van der Waals surface area contributed by atoms with Gasteiger partial charge in [0.2, 0.25) is 5.91 Å². The Hall–Kier alpha value is -1.42. The highest BCUT2D eigenvalue weighted by molar-refractivity contribution is 6.27. The van der Waals surface area contributed by atoms with E-state index >= 15 is 0 Å². The van der Waals surface area contributed by atoms with E-state index in [1.807, 2.05) is 24.3 Å². The number of methoxy groups -OCH3 is 1. The molecular formula is C12H14ClNO3. The average Bonchev–Trinajstić information content (AvgIpc) is 2.32. The molecule has 0 unspecified atom stereocenters. The minimum atomic E-state index is -0.0443. The van der Waals surface area contributed by atoms with E-state index in [9.17, 15) is 4.79 Å². The minimum Gasteiger partial charge on any atom is -0.497 e. The molecule has 0 radical (unpaired) electrons. The first-order valence-electron chi connectivity index (χ1n) is 5.37. The predicted molar refractivity (Wildman–Crippen MR) is 64.7 cm³/mol. The van der Waals surface area contributed by atoms with Gasteiger partial charge >= 0.3 is 0 Å². The normalized spacial score (nSPS) is 15.3. The van der Waals surface area contributed by atoms with Gasteiger partial charge in [0.05, 0.1) is 20.2 Å². The standard InChI is InChI=1S/C12H14ClNO3/c1-16-9-3-2-4-10(5-9)17-11-7-14(8-11)12(15)6-13/h2-5,11H,6-8H2,1H3. The van der Waals surface area contributed by atoms with Crippen LogP contribution in [-0.2, 0) is 4.79 Å². The van der Waals surface area contributed by atoms with Crippen molar-refractivity contribution in [3.63, 3.8) is 0 Å². The first kappa shape index (κ1) is 12.0. The number of carbonyl (C=O) groups is 1. The second-order valence-corrected chi connectivity index (χ2v) is 4.12. The fraction of sp³-hybridized carbons (Fsp3) is 0.417. The van der Waals surface area contributed by atoms with Crippen LogP contribution in [0.3, 0.4) is 0 Å². The van der Waals surface area contributed by atoms with Crippen molar-refractivity contribution in [2.45, 2.75) is 6.10 Å². The van der Waals surface area contributed by atoms with Crippen molar-refractivity contribution in [3.8, 4) is 11.5 Å². The lowest BCUT2D eigenvalue weighted by atomic mass is 10.1. The Morgan fingerprint density at radius 1 is 1.47 bits per heavy atom. The summed E-state index contributed by atoms with van der Waals surface area (Å²) in [5.74, 6) is 1.51. The van der Waals surface area contributed by atoms with Crippen LogP contribution < -0.4 is 9.47 Å². The van der Waals surface area contributed by atoms with E-state index in [2.05, 4.69) is 0 Å². The van der Waals surface area contributed by atoms with Gasteiger partial charge in [0.15, 0.2) is 0 Å². The van der Waals surface area contributed by atoms with Gasteiger partial charge in [-0.05, 0) is 12.1 Å². The lowest BCUT2D eigenvalue weighted by Crippen LogP contribution is -2.56. The Morgan fingerprint density at radius 2 is 2.18 bits per heavy atom. The Kier molecular flexibility index (Phi) is 3.74. The zero-order valence-corrected chi connectivity index (χ0v) is 10.3. The number of halogens is 1. The highest BCUT2D eigenvalue weighted by atomic mass is 35.5. The molecule has 92 valence electrons. The van der Waals surface area contributed by atoms with Crippen LogP contribution >= 0.6 is 11.6 Å². The van der Waals surface area contributed by atoms with Crippen LogP contribution in [0.15, 0.2) is 24.3 Å². The van der Waals surface area contributed by atoms with Crippen molar-refractivity contribution >= 4 is 17.5 Å². The maximum atomic E-state index is 11.2. The maximum Gasteiger partial charge on any atom is 0.237 e. The molecule has 1 aliphatic heterocycles. The molecule has 0 aliphatic carbocycles. The van der Waals surface area contributed by atoms with Crippen LogP contribution in [-0.4, -0.2) is 43.0 Å². The number of hydrogen-bond acceptors (Lipinski definition) is 3. The molecule has 0 aromatic heterocycles. The lowest BCUT2D eigenvalue weighted by molar-refractivity contribution is -0.137. The Bertz CT molecular complexity index is 404. The summed E-state index contributed by atoms with van der Waals surface area (Å²) in [4.78, 5) is 12.9. The largest absolute Gasteiger partial charge is 0.497 e. The van der Waals surface area contributed by atoms with Gasteiger partial charge in [0.1, 0.15) is 23.5 Å². The molecule has 1 aromatic rings. The number of hydrogen-bond donors (Lipinski definition) is 0. The number of rotatable bonds is 4. The van der Waals surface area contributed by atoms with Crippen molar-refractivity contribution in [2.24, 2.45) is 0 Å². The van der Waals surface area contributed by atoms with Gasteiger partial charge < -0.3 is 14.4 Å². The summed E-state index contributed by atoms with van der Waals surface area (Å²) in [6.07, 6.45) is 0.0503. The van der Waals surface area contributed by atoms with Gasteiger partial charge in [-0.2, -0.15) is 0 Å². The maximum absolute atomic E-state index is 11.2. The van der Waals surface area contributed by atoms with Gasteiger partial charge in [-0.1, -0.05) is 6.07 Å². The molecule has 1 heterocycles. The summed E-state index contributed by atoms with van der Waals surface area (Å²) in [5, 5.41) is 0. The van der Waals surface area contributed by atoms with Crippen molar-refractivity contribution in [1.82, 2.24) is 4.90 Å². The van der Waals surface area contributed by atoms with Crippen LogP contribution in [0.25, 0.3) is 0 Å². The van der Waals surface area contributed by atoms with E-state index in [1.54, 1.807) is 12.0 Å². The summed E-state index contributed by atoms with van der Waals surface area (Å²) in [5.41, 5.74) is 0. The molecule has 5 heteroatoms. The quantitative estimate of drug-likeness (QED) is 0.766. The number of ether oxygens (including phenoxy) is 2. The molecular weight excluding hydrogens is 242 g/mol. The molecule has 1 aliphatic rings. The predicted octanol–water partition coefficient (Wildman–Crippen LogP) is 1.52. The second kappa shape index (κ2) is 5.27. The molecule has 2 rings (SSSR count). The smallest absolute Gasteiger partial charge is 0.237 e. The molecule has 1 amide bonds. The fourth-order valence-electron chi connectivity index (χ4n) is 1.67. The van der Waals surface area contributed by atoms with E-state index in [-0.39, 0.29) is 17.9 Å². The number of likely N-dealkylation sites (tertiary alicyclic amines) is 1. The molecule has 0 atom stereocenters. The van der Waals surface area contributed by atoms with Gasteiger partial charge in [0, 0.05) is 6.07 Å². The van der Waals surface area contributed by atoms with Crippen LogP contribution in [0, 0.1) is 0 Å². The van der Waals surface area contributed by atoms with E-state index in [1.165, 1.54) is 0 Å². The third-order valence-electron chi connectivity index (χ3n) is 2.66. The van der Waals surface area contributed by atoms with E-state index in [4.69, 9.17) is 21.1 Å². The van der Waals surface area contributed by atoms with Crippen molar-refractivity contribution in [1.29, 1.82) is 0 Å². The number of amides is 1. The Morgan fingerprint density at radius 3 is 2.82 bits per heavy atom. The molecule has 0 saturated carbocycles. The van der Waals surface area contributed by atoms with E-state index in [0.29, 0.717) is 13.1 Å². The Balaban J connectivity index is 1.85. The first-order chi connectivity index (χ1) is 8.22. The fourth-order valence-corrected chi connectivity index (χ4v) is 1.84. The third-order valence-corrected chi connectivity index (χ3v) is 2.89. The van der Waals surface area contributed by atoms with Crippen molar-refractivity contribution in [3.05, 3.63) is 24.3 Å². The van der Waals surface area contributed by atoms with Gasteiger partial charge in [0.25, 0.3) is 0 Å². The summed E-state index contributed by atoms with van der Waals surface area (Å²) in [7, 11) is 1.61. The third kappa shape index (κ3) is 2.82. The first-order valence-corrected chi connectivity index (χ1v) is 5.91. The highest BCUT2D eigenvalue weighted by Gasteiger charge is 2.31. The molecule has 4 nitrogen and oxygen atoms in total. The van der Waals surface area contributed by atoms with Crippen molar-refractivity contribution < 1.29 is 14.3 Å². The topological polar surface area (TPSA) is 38.8 Å². The molecule has 1 aromatic carbocycles. The summed E-state index contributed by atoms with van der Waals surface area (Å²) in [6, 6.07) is 7.42. The highest BCUT2D eigenvalue weighted by Crippen LogP contribution is 2.22. The molecule has 1 fully saturated rings. The zero-order chi connectivity index (χ0) is 12.3. The zero-order valence-electron chi connectivity index (χ0n) is 9.56. The molecule has 0 N–H and O–H groups in total. The van der Waals surface area contributed by atoms with Gasteiger partial charge in [-0.3, -0.25) is 4.79 Å². The second-order valence-electron chi connectivity index (χ2n) is 3.85. The number of benzene rings is 1. The molecule has 17 heavy (non-hydrogen) atoms. The van der Waals surface area contributed by atoms with Crippen LogP contribution in [0.4, 0.5) is 0 Å².